The van der Waals surface area contributed by atoms with E-state index in [2.05, 4.69) is 0 Å². The molecule has 0 saturated heterocycles. The molecule has 4 heteroatoms. The number of nitrogen functional groups attached to an aromatic ring is 1. The van der Waals surface area contributed by atoms with E-state index >= 15 is 0 Å². The van der Waals surface area contributed by atoms with Gasteiger partial charge in [0, 0.05) is 11.4 Å². The topological polar surface area (TPSA) is 26.0 Å². The molecule has 0 spiro atoms. The molecular weight excluding hydrogens is 196 g/mol. The van der Waals surface area contributed by atoms with Crippen molar-refractivity contribution in [1.82, 2.24) is 0 Å². The summed E-state index contributed by atoms with van der Waals surface area (Å²) in [5, 5.41) is 0. The number of anilines is 1. The van der Waals surface area contributed by atoms with Gasteiger partial charge in [-0.3, -0.25) is 0 Å². The van der Waals surface area contributed by atoms with Crippen molar-refractivity contribution in [3.8, 4) is 0 Å². The summed E-state index contributed by atoms with van der Waals surface area (Å²) < 4.78 is 25.9. The number of benzene rings is 1. The Morgan fingerprint density at radius 3 is 2.62 bits per heavy atom. The molecule has 0 aliphatic rings. The van der Waals surface area contributed by atoms with Gasteiger partial charge in [-0.15, -0.1) is 11.6 Å². The summed E-state index contributed by atoms with van der Waals surface area (Å²) in [6.45, 7) is 0. The third-order valence-corrected chi connectivity index (χ3v) is 1.71. The van der Waals surface area contributed by atoms with Crippen molar-refractivity contribution < 1.29 is 8.78 Å². The maximum atomic E-state index is 13.0. The van der Waals surface area contributed by atoms with Gasteiger partial charge in [0.2, 0.25) is 0 Å². The minimum absolute atomic E-state index is 0.146. The SMILES string of the molecule is Nc1ccc(C=CCCl)c(F)c1F. The van der Waals surface area contributed by atoms with Crippen molar-refractivity contribution in [1.29, 1.82) is 0 Å². The van der Waals surface area contributed by atoms with Gasteiger partial charge in [0.05, 0.1) is 5.69 Å². The number of allylic oxidation sites excluding steroid dienone is 1. The van der Waals surface area contributed by atoms with Gasteiger partial charge >= 0.3 is 0 Å². The van der Waals surface area contributed by atoms with Crippen LogP contribution in [0.2, 0.25) is 0 Å². The summed E-state index contributed by atoms with van der Waals surface area (Å²) in [5.41, 5.74) is 5.10. The van der Waals surface area contributed by atoms with E-state index in [1.807, 2.05) is 0 Å². The monoisotopic (exact) mass is 203 g/mol. The van der Waals surface area contributed by atoms with E-state index in [0.717, 1.165) is 0 Å². The molecule has 1 rings (SSSR count). The highest BCUT2D eigenvalue weighted by atomic mass is 35.5. The maximum absolute atomic E-state index is 13.0. The molecule has 13 heavy (non-hydrogen) atoms. The van der Waals surface area contributed by atoms with E-state index in [9.17, 15) is 8.78 Å². The highest BCUT2D eigenvalue weighted by Gasteiger charge is 2.08. The number of halogens is 3. The zero-order valence-electron chi connectivity index (χ0n) is 6.73. The summed E-state index contributed by atoms with van der Waals surface area (Å²) in [5.74, 6) is -1.70. The Balaban J connectivity index is 3.11. The van der Waals surface area contributed by atoms with Crippen molar-refractivity contribution in [2.75, 3.05) is 11.6 Å². The lowest BCUT2D eigenvalue weighted by molar-refractivity contribution is 0.510. The van der Waals surface area contributed by atoms with Crippen LogP contribution >= 0.6 is 11.6 Å². The minimum Gasteiger partial charge on any atom is -0.396 e. The Hall–Kier alpha value is -1.09. The smallest absolute Gasteiger partial charge is 0.182 e. The van der Waals surface area contributed by atoms with Crippen LogP contribution in [0, 0.1) is 11.6 Å². The zero-order valence-corrected chi connectivity index (χ0v) is 7.48. The standard InChI is InChI=1S/C9H8ClF2N/c10-5-1-2-6-3-4-7(13)9(12)8(6)11/h1-4H,5,13H2. The highest BCUT2D eigenvalue weighted by molar-refractivity contribution is 6.19. The van der Waals surface area contributed by atoms with Crippen LogP contribution in [0.15, 0.2) is 18.2 Å². The molecule has 0 saturated carbocycles. The van der Waals surface area contributed by atoms with Crippen LogP contribution in [0.25, 0.3) is 6.08 Å². The van der Waals surface area contributed by atoms with Gasteiger partial charge in [0.25, 0.3) is 0 Å². The molecule has 1 aromatic rings. The number of hydrogen-bond acceptors (Lipinski definition) is 1. The van der Waals surface area contributed by atoms with Crippen LogP contribution in [-0.4, -0.2) is 5.88 Å². The van der Waals surface area contributed by atoms with Crippen molar-refractivity contribution in [2.24, 2.45) is 0 Å². The van der Waals surface area contributed by atoms with Gasteiger partial charge in [-0.25, -0.2) is 8.78 Å². The first kappa shape index (κ1) is 9.99. The van der Waals surface area contributed by atoms with Crippen LogP contribution in [0.5, 0.6) is 0 Å². The van der Waals surface area contributed by atoms with Crippen LogP contribution in [-0.2, 0) is 0 Å². The Labute approximate surface area is 79.8 Å². The first-order chi connectivity index (χ1) is 6.16. The zero-order chi connectivity index (χ0) is 9.84. The number of nitrogens with two attached hydrogens (primary N) is 1. The van der Waals surface area contributed by atoms with E-state index in [4.69, 9.17) is 17.3 Å². The predicted molar refractivity (Wildman–Crippen MR) is 50.5 cm³/mol. The molecule has 0 aliphatic carbocycles. The molecule has 1 aromatic carbocycles. The van der Waals surface area contributed by atoms with Gasteiger partial charge in [0.15, 0.2) is 11.6 Å². The highest BCUT2D eigenvalue weighted by Crippen LogP contribution is 2.18. The fourth-order valence-corrected chi connectivity index (χ4v) is 0.969. The molecule has 0 aromatic heterocycles. The van der Waals surface area contributed by atoms with E-state index in [1.54, 1.807) is 0 Å². The average Bonchev–Trinajstić information content (AvgIpc) is 2.13. The molecule has 0 heterocycles. The van der Waals surface area contributed by atoms with Crippen LogP contribution in [0.4, 0.5) is 14.5 Å². The second kappa shape index (κ2) is 4.23. The largest absolute Gasteiger partial charge is 0.396 e. The maximum Gasteiger partial charge on any atom is 0.182 e. The first-order valence-electron chi connectivity index (χ1n) is 3.62. The van der Waals surface area contributed by atoms with Gasteiger partial charge in [-0.1, -0.05) is 12.2 Å². The van der Waals surface area contributed by atoms with Crippen molar-refractivity contribution in [3.63, 3.8) is 0 Å². The molecule has 0 amide bonds. The molecule has 0 unspecified atom stereocenters. The summed E-state index contributed by atoms with van der Waals surface area (Å²) in [6.07, 6.45) is 2.93. The lowest BCUT2D eigenvalue weighted by Gasteiger charge is -2.00. The molecular formula is C9H8ClF2N. The number of hydrogen-bond donors (Lipinski definition) is 1. The van der Waals surface area contributed by atoms with Crippen molar-refractivity contribution in [2.45, 2.75) is 0 Å². The third-order valence-electron chi connectivity index (χ3n) is 1.53. The molecule has 0 radical (unpaired) electrons. The normalized spacial score (nSPS) is 11.0. The van der Waals surface area contributed by atoms with Crippen LogP contribution < -0.4 is 5.73 Å². The van der Waals surface area contributed by atoms with Gasteiger partial charge in [0.1, 0.15) is 0 Å². The van der Waals surface area contributed by atoms with E-state index in [-0.39, 0.29) is 17.1 Å². The van der Waals surface area contributed by atoms with E-state index in [0.29, 0.717) is 0 Å². The van der Waals surface area contributed by atoms with E-state index in [1.165, 1.54) is 24.3 Å². The quantitative estimate of drug-likeness (QED) is 0.581. The fourth-order valence-electron chi connectivity index (χ4n) is 0.880. The molecule has 0 atom stereocenters. The Bertz CT molecular complexity index is 337. The third kappa shape index (κ3) is 2.18. The van der Waals surface area contributed by atoms with Crippen molar-refractivity contribution in [3.05, 3.63) is 35.4 Å². The number of rotatable bonds is 2. The average molecular weight is 204 g/mol. The van der Waals surface area contributed by atoms with Crippen molar-refractivity contribution >= 4 is 23.4 Å². The molecule has 1 nitrogen and oxygen atoms in total. The summed E-state index contributed by atoms with van der Waals surface area (Å²) in [4.78, 5) is 0. The molecule has 2 N–H and O–H groups in total. The summed E-state index contributed by atoms with van der Waals surface area (Å²) in [7, 11) is 0. The summed E-state index contributed by atoms with van der Waals surface area (Å²) >= 11 is 5.35. The van der Waals surface area contributed by atoms with Gasteiger partial charge < -0.3 is 5.73 Å². The van der Waals surface area contributed by atoms with Crippen LogP contribution in [0.1, 0.15) is 5.56 Å². The second-order valence-electron chi connectivity index (χ2n) is 2.43. The molecule has 0 bridgehead atoms. The van der Waals surface area contributed by atoms with Crippen LogP contribution in [0.3, 0.4) is 0 Å². The molecule has 0 aliphatic heterocycles. The Morgan fingerprint density at radius 1 is 1.31 bits per heavy atom. The lowest BCUT2D eigenvalue weighted by atomic mass is 10.1. The molecule has 70 valence electrons. The molecule has 0 fully saturated rings. The van der Waals surface area contributed by atoms with E-state index < -0.39 is 11.6 Å². The minimum atomic E-state index is -1.02. The fraction of sp³-hybridized carbons (Fsp3) is 0.111. The first-order valence-corrected chi connectivity index (χ1v) is 4.16. The van der Waals surface area contributed by atoms with Gasteiger partial charge in [-0.05, 0) is 12.1 Å². The summed E-state index contributed by atoms with van der Waals surface area (Å²) in [6, 6.07) is 2.71. The lowest BCUT2D eigenvalue weighted by Crippen LogP contribution is -1.96. The van der Waals surface area contributed by atoms with Gasteiger partial charge in [-0.2, -0.15) is 0 Å². The Morgan fingerprint density at radius 2 is 2.00 bits per heavy atom. The predicted octanol–water partition coefficient (Wildman–Crippen LogP) is 2.80. The second-order valence-corrected chi connectivity index (χ2v) is 2.74. The number of alkyl halides is 1. The Kier molecular flexibility index (Phi) is 3.25.